The predicted molar refractivity (Wildman–Crippen MR) is 362 cm³/mol. The van der Waals surface area contributed by atoms with Gasteiger partial charge in [-0.3, -0.25) is 0 Å². The van der Waals surface area contributed by atoms with Gasteiger partial charge in [0, 0.05) is 77.5 Å². The molecule has 91 heavy (non-hydrogen) atoms. The van der Waals surface area contributed by atoms with Crippen LogP contribution in [-0.4, -0.2) is 59.4 Å². The van der Waals surface area contributed by atoms with Gasteiger partial charge in [0.05, 0.1) is 28.1 Å². The first-order chi connectivity index (χ1) is 45.1. The summed E-state index contributed by atoms with van der Waals surface area (Å²) in [5.74, 6) is 5.39. The Morgan fingerprint density at radius 2 is 0.418 bits per heavy atom. The van der Waals surface area contributed by atoms with Crippen molar-refractivity contribution >= 4 is 21.8 Å². The van der Waals surface area contributed by atoms with Crippen molar-refractivity contribution in [3.63, 3.8) is 0 Å². The molecule has 0 aliphatic rings. The molecule has 11 aromatic carbocycles. The lowest BCUT2D eigenvalue weighted by atomic mass is 10.0. The first kappa shape index (κ1) is 53.8. The summed E-state index contributed by atoms with van der Waals surface area (Å²) in [6.45, 7) is 0. The number of nitrogens with zero attached hydrogens (tertiary/aromatic N) is 12. The maximum atomic E-state index is 5.51. The van der Waals surface area contributed by atoms with E-state index in [1.807, 2.05) is 218 Å². The van der Waals surface area contributed by atoms with Gasteiger partial charge in [0.25, 0.3) is 0 Å². The first-order valence-corrected chi connectivity index (χ1v) is 29.9. The van der Waals surface area contributed by atoms with Crippen LogP contribution in [0.25, 0.3) is 164 Å². The molecule has 0 bridgehead atoms. The molecule has 426 valence electrons. The van der Waals surface area contributed by atoms with Crippen LogP contribution in [0.4, 0.5) is 0 Å². The number of aromatic nitrogens is 12. The van der Waals surface area contributed by atoms with E-state index in [-0.39, 0.29) is 0 Å². The molecule has 0 N–H and O–H groups in total. The lowest BCUT2D eigenvalue weighted by molar-refractivity contribution is 1.07. The molecule has 0 fully saturated rings. The zero-order chi connectivity index (χ0) is 60.5. The van der Waals surface area contributed by atoms with Gasteiger partial charge >= 0.3 is 0 Å². The Kier molecular flexibility index (Phi) is 13.9. The standard InChI is InChI=1S/C79H50N12/c1-9-25-51(26-10-1)65-50-66(52-27-11-2-12-28-52)81-79(80-65)64-49-61(78-89-74(57-37-21-7-22-38-57)84-75(90-78)58-39-23-8-24-40-58)43-46-69(64)91-67-44-41-59(76-85-70(53-29-13-3-14-30-53)82-71(86-76)54-31-15-4-16-32-54)47-62(67)63-48-60(42-45-68(63)91)77-87-72(55-33-17-5-18-34-55)83-73(88-77)56-35-19-6-20-36-56/h1-50H. The maximum Gasteiger partial charge on any atom is 0.164 e. The molecule has 0 unspecified atom stereocenters. The van der Waals surface area contributed by atoms with Gasteiger partial charge in [-0.25, -0.2) is 54.8 Å². The van der Waals surface area contributed by atoms with E-state index in [4.69, 9.17) is 54.8 Å². The van der Waals surface area contributed by atoms with E-state index in [0.717, 1.165) is 106 Å². The van der Waals surface area contributed by atoms with Gasteiger partial charge in [-0.05, 0) is 60.7 Å². The SMILES string of the molecule is c1ccc(-c2cc(-c3ccccc3)nc(-c3cc(-c4nc(-c5ccccc5)nc(-c5ccccc5)n4)ccc3-n3c4ccc(-c5nc(-c6ccccc6)nc(-c6ccccc6)n5)cc4c4cc(-c5nc(-c6ccccc6)nc(-c6ccccc6)n5)ccc43)n2)cc1. The Morgan fingerprint density at radius 3 is 0.703 bits per heavy atom. The van der Waals surface area contributed by atoms with E-state index >= 15 is 0 Å². The Balaban J connectivity index is 0.971. The predicted octanol–water partition coefficient (Wildman–Crippen LogP) is 18.1. The fourth-order valence-corrected chi connectivity index (χ4v) is 11.5. The highest BCUT2D eigenvalue weighted by atomic mass is 15.1. The van der Waals surface area contributed by atoms with Gasteiger partial charge in [-0.15, -0.1) is 0 Å². The van der Waals surface area contributed by atoms with Crippen LogP contribution in [0.5, 0.6) is 0 Å². The average Bonchev–Trinajstić information content (AvgIpc) is 1.61. The second kappa shape index (κ2) is 23.5. The number of fused-ring (bicyclic) bond motifs is 3. The molecule has 16 rings (SSSR count). The van der Waals surface area contributed by atoms with Crippen LogP contribution in [0.1, 0.15) is 0 Å². The topological polar surface area (TPSA) is 147 Å². The molecule has 0 saturated heterocycles. The first-order valence-electron chi connectivity index (χ1n) is 29.9. The third-order valence-corrected chi connectivity index (χ3v) is 16.0. The number of benzene rings is 11. The van der Waals surface area contributed by atoms with E-state index in [9.17, 15) is 0 Å². The van der Waals surface area contributed by atoms with E-state index in [2.05, 4.69) is 89.5 Å². The maximum absolute atomic E-state index is 5.51. The van der Waals surface area contributed by atoms with E-state index in [1.165, 1.54) is 0 Å². The minimum absolute atomic E-state index is 0.490. The highest BCUT2D eigenvalue weighted by Crippen LogP contribution is 2.42. The van der Waals surface area contributed by atoms with Crippen molar-refractivity contribution in [1.82, 2.24) is 59.4 Å². The second-order valence-electron chi connectivity index (χ2n) is 21.8. The summed E-state index contributed by atoms with van der Waals surface area (Å²) >= 11 is 0. The molecule has 0 aliphatic heterocycles. The molecule has 0 atom stereocenters. The van der Waals surface area contributed by atoms with Crippen molar-refractivity contribution in [2.75, 3.05) is 0 Å². The summed E-state index contributed by atoms with van der Waals surface area (Å²) in [6, 6.07) is 102. The molecule has 0 aliphatic carbocycles. The molecule has 16 aromatic rings. The lowest BCUT2D eigenvalue weighted by Gasteiger charge is -2.17. The summed E-state index contributed by atoms with van der Waals surface area (Å²) < 4.78 is 2.30. The van der Waals surface area contributed by atoms with Gasteiger partial charge in [0.2, 0.25) is 0 Å². The van der Waals surface area contributed by atoms with Crippen LogP contribution >= 0.6 is 0 Å². The molecular weight excluding hydrogens is 1120 g/mol. The molecule has 12 heteroatoms. The van der Waals surface area contributed by atoms with Crippen LogP contribution in [0.2, 0.25) is 0 Å². The van der Waals surface area contributed by atoms with Crippen LogP contribution in [0.3, 0.4) is 0 Å². The largest absolute Gasteiger partial charge is 0.308 e. The zero-order valence-corrected chi connectivity index (χ0v) is 48.7. The van der Waals surface area contributed by atoms with Crippen LogP contribution in [0, 0.1) is 0 Å². The highest BCUT2D eigenvalue weighted by molar-refractivity contribution is 6.12. The van der Waals surface area contributed by atoms with Gasteiger partial charge in [0.1, 0.15) is 0 Å². The van der Waals surface area contributed by atoms with Crippen molar-refractivity contribution in [2.45, 2.75) is 0 Å². The fourth-order valence-electron chi connectivity index (χ4n) is 11.5. The van der Waals surface area contributed by atoms with Crippen molar-refractivity contribution in [1.29, 1.82) is 0 Å². The smallest absolute Gasteiger partial charge is 0.164 e. The number of rotatable bonds is 13. The van der Waals surface area contributed by atoms with Gasteiger partial charge in [0.15, 0.2) is 58.2 Å². The molecule has 0 amide bonds. The normalized spacial score (nSPS) is 11.3. The van der Waals surface area contributed by atoms with Gasteiger partial charge in [-0.1, -0.05) is 243 Å². The van der Waals surface area contributed by atoms with Crippen LogP contribution in [-0.2, 0) is 0 Å². The summed E-state index contributed by atoms with van der Waals surface area (Å²) in [5.41, 5.74) is 14.3. The Morgan fingerprint density at radius 1 is 0.176 bits per heavy atom. The Labute approximate surface area is 523 Å². The lowest BCUT2D eigenvalue weighted by Crippen LogP contribution is -2.04. The minimum Gasteiger partial charge on any atom is -0.308 e. The van der Waals surface area contributed by atoms with Crippen molar-refractivity contribution in [3.8, 4) is 142 Å². The van der Waals surface area contributed by atoms with Crippen molar-refractivity contribution in [2.24, 2.45) is 0 Å². The molecule has 0 saturated carbocycles. The quantitative estimate of drug-likeness (QED) is 0.109. The number of hydrogen-bond acceptors (Lipinski definition) is 11. The molecule has 0 spiro atoms. The minimum atomic E-state index is 0.490. The summed E-state index contributed by atoms with van der Waals surface area (Å²) in [6.07, 6.45) is 0. The third-order valence-electron chi connectivity index (χ3n) is 16.0. The fraction of sp³-hybridized carbons (Fsp3) is 0. The Hall–Kier alpha value is -12.7. The molecule has 5 aromatic heterocycles. The highest BCUT2D eigenvalue weighted by Gasteiger charge is 2.24. The summed E-state index contributed by atoms with van der Waals surface area (Å²) in [5, 5.41) is 1.85. The zero-order valence-electron chi connectivity index (χ0n) is 48.7. The molecule has 12 nitrogen and oxygen atoms in total. The monoisotopic (exact) mass is 1170 g/mol. The van der Waals surface area contributed by atoms with Crippen molar-refractivity contribution < 1.29 is 0 Å². The molecular formula is C79H50N12. The third kappa shape index (κ3) is 10.7. The van der Waals surface area contributed by atoms with E-state index in [1.54, 1.807) is 0 Å². The van der Waals surface area contributed by atoms with Crippen LogP contribution in [0.15, 0.2) is 303 Å². The van der Waals surface area contributed by atoms with E-state index < -0.39 is 0 Å². The molecule has 5 heterocycles. The van der Waals surface area contributed by atoms with E-state index in [0.29, 0.717) is 58.2 Å². The molecule has 0 radical (unpaired) electrons. The Bertz CT molecular complexity index is 4900. The summed E-state index contributed by atoms with van der Waals surface area (Å²) in [4.78, 5) is 57.5. The average molecular weight is 1170 g/mol. The van der Waals surface area contributed by atoms with Crippen molar-refractivity contribution in [3.05, 3.63) is 303 Å². The van der Waals surface area contributed by atoms with Gasteiger partial charge < -0.3 is 4.57 Å². The van der Waals surface area contributed by atoms with Gasteiger partial charge in [-0.2, -0.15) is 0 Å². The summed E-state index contributed by atoms with van der Waals surface area (Å²) in [7, 11) is 0. The second-order valence-corrected chi connectivity index (χ2v) is 21.8. The number of hydrogen-bond donors (Lipinski definition) is 0. The van der Waals surface area contributed by atoms with Crippen LogP contribution < -0.4 is 0 Å².